The molecule has 0 saturated carbocycles. The quantitative estimate of drug-likeness (QED) is 0.895. The van der Waals surface area contributed by atoms with Gasteiger partial charge in [0.05, 0.1) is 0 Å². The first-order chi connectivity index (χ1) is 8.20. The van der Waals surface area contributed by atoms with Crippen LogP contribution >= 0.6 is 0 Å². The van der Waals surface area contributed by atoms with Gasteiger partial charge in [-0.05, 0) is 52.6 Å². The number of likely N-dealkylation sites (N-methyl/N-ethyl adjacent to an activating group) is 1. The molecule has 18 heavy (non-hydrogen) atoms. The van der Waals surface area contributed by atoms with E-state index in [9.17, 15) is 9.18 Å². The molecule has 0 aromatic heterocycles. The average molecular weight is 252 g/mol. The largest absolute Gasteiger partial charge is 0.350 e. The number of nitrogens with one attached hydrogen (secondary N) is 1. The van der Waals surface area contributed by atoms with Crippen LogP contribution in [0.25, 0.3) is 0 Å². The summed E-state index contributed by atoms with van der Waals surface area (Å²) >= 11 is 0. The lowest BCUT2D eigenvalue weighted by molar-refractivity contribution is -0.127. The van der Waals surface area contributed by atoms with E-state index in [-0.39, 0.29) is 17.3 Å². The second-order valence-electron chi connectivity index (χ2n) is 5.66. The third-order valence-corrected chi connectivity index (χ3v) is 2.45. The number of halogens is 1. The number of amides is 1. The zero-order valence-electron chi connectivity index (χ0n) is 11.6. The van der Waals surface area contributed by atoms with Crippen molar-refractivity contribution in [3.05, 3.63) is 35.6 Å². The molecule has 0 aliphatic heterocycles. The lowest BCUT2D eigenvalue weighted by Crippen LogP contribution is -2.46. The molecule has 1 aromatic carbocycles. The van der Waals surface area contributed by atoms with Gasteiger partial charge in [-0.1, -0.05) is 12.1 Å². The fraction of sp³-hybridized carbons (Fsp3) is 0.500. The zero-order valence-corrected chi connectivity index (χ0v) is 11.6. The van der Waals surface area contributed by atoms with E-state index in [0.717, 1.165) is 5.56 Å². The maximum absolute atomic E-state index is 12.9. The molecule has 0 heterocycles. The van der Waals surface area contributed by atoms with Crippen LogP contribution in [0.4, 0.5) is 4.39 Å². The monoisotopic (exact) mass is 252 g/mol. The van der Waals surface area contributed by atoms with Gasteiger partial charge in [-0.2, -0.15) is 0 Å². The molecule has 0 saturated heterocycles. The number of rotatable bonds is 3. The van der Waals surface area contributed by atoms with Gasteiger partial charge in [0.2, 0.25) is 5.91 Å². The summed E-state index contributed by atoms with van der Waals surface area (Å²) in [5.74, 6) is -0.383. The molecule has 0 bridgehead atoms. The first-order valence-corrected chi connectivity index (χ1v) is 5.94. The second kappa shape index (κ2) is 5.48. The highest BCUT2D eigenvalue weighted by molar-refractivity contribution is 5.83. The molecule has 0 radical (unpaired) electrons. The Morgan fingerprint density at radius 3 is 2.11 bits per heavy atom. The van der Waals surface area contributed by atoms with Crippen molar-refractivity contribution >= 4 is 5.91 Å². The molecule has 100 valence electrons. The van der Waals surface area contributed by atoms with Gasteiger partial charge < -0.3 is 5.32 Å². The highest BCUT2D eigenvalue weighted by atomic mass is 19.1. The molecule has 0 spiro atoms. The van der Waals surface area contributed by atoms with Gasteiger partial charge in [0.15, 0.2) is 0 Å². The third kappa shape index (κ3) is 4.11. The molecule has 0 aliphatic rings. The number of hydrogen-bond donors (Lipinski definition) is 1. The summed E-state index contributed by atoms with van der Waals surface area (Å²) in [5.41, 5.74) is 0.494. The maximum atomic E-state index is 12.9. The van der Waals surface area contributed by atoms with E-state index in [4.69, 9.17) is 0 Å². The minimum Gasteiger partial charge on any atom is -0.350 e. The van der Waals surface area contributed by atoms with E-state index in [2.05, 4.69) is 5.32 Å². The van der Waals surface area contributed by atoms with Crippen LogP contribution in [0, 0.1) is 5.82 Å². The fourth-order valence-electron chi connectivity index (χ4n) is 1.77. The lowest BCUT2D eigenvalue weighted by atomic mass is 10.0. The Morgan fingerprint density at radius 1 is 1.22 bits per heavy atom. The lowest BCUT2D eigenvalue weighted by Gasteiger charge is -2.28. The van der Waals surface area contributed by atoms with Crippen LogP contribution in [-0.2, 0) is 4.79 Å². The molecule has 1 N–H and O–H groups in total. The Kier molecular flexibility index (Phi) is 4.46. The van der Waals surface area contributed by atoms with E-state index in [1.807, 2.05) is 39.8 Å². The Hall–Kier alpha value is -1.42. The summed E-state index contributed by atoms with van der Waals surface area (Å²) in [6.07, 6.45) is 0. The van der Waals surface area contributed by atoms with Crippen LogP contribution in [0.15, 0.2) is 24.3 Å². The number of carbonyl (C=O) groups excluding carboxylic acids is 1. The summed E-state index contributed by atoms with van der Waals surface area (Å²) in [7, 11) is 3.66. The van der Waals surface area contributed by atoms with Gasteiger partial charge in [0.25, 0.3) is 0 Å². The Bertz CT molecular complexity index is 407. The average Bonchev–Trinajstić information content (AvgIpc) is 2.18. The number of hydrogen-bond acceptors (Lipinski definition) is 2. The molecule has 1 atom stereocenters. The van der Waals surface area contributed by atoms with Crippen molar-refractivity contribution in [1.29, 1.82) is 0 Å². The summed E-state index contributed by atoms with van der Waals surface area (Å²) in [5, 5.41) is 2.94. The molecule has 0 aliphatic carbocycles. The van der Waals surface area contributed by atoms with Crippen molar-refractivity contribution < 1.29 is 9.18 Å². The number of benzene rings is 1. The predicted molar refractivity (Wildman–Crippen MR) is 70.7 cm³/mol. The smallest absolute Gasteiger partial charge is 0.242 e. The maximum Gasteiger partial charge on any atom is 0.242 e. The number of carbonyl (C=O) groups is 1. The zero-order chi connectivity index (χ0) is 13.9. The van der Waals surface area contributed by atoms with E-state index in [1.54, 1.807) is 12.1 Å². The molecule has 1 amide bonds. The Balaban J connectivity index is 2.96. The molecule has 0 fully saturated rings. The molecule has 4 heteroatoms. The first-order valence-electron chi connectivity index (χ1n) is 5.94. The predicted octanol–water partition coefficient (Wildman–Crippen LogP) is 2.34. The van der Waals surface area contributed by atoms with Crippen LogP contribution < -0.4 is 5.32 Å². The van der Waals surface area contributed by atoms with Gasteiger partial charge in [-0.15, -0.1) is 0 Å². The summed E-state index contributed by atoms with van der Waals surface area (Å²) in [4.78, 5) is 14.1. The van der Waals surface area contributed by atoms with Crippen molar-refractivity contribution in [1.82, 2.24) is 10.2 Å². The third-order valence-electron chi connectivity index (χ3n) is 2.45. The summed E-state index contributed by atoms with van der Waals surface area (Å²) in [6, 6.07) is 5.61. The van der Waals surface area contributed by atoms with E-state index >= 15 is 0 Å². The molecular weight excluding hydrogens is 231 g/mol. The van der Waals surface area contributed by atoms with Crippen molar-refractivity contribution in [3.8, 4) is 0 Å². The Labute approximate surface area is 108 Å². The van der Waals surface area contributed by atoms with E-state index in [1.165, 1.54) is 12.1 Å². The minimum absolute atomic E-state index is 0.0842. The Morgan fingerprint density at radius 2 is 1.72 bits per heavy atom. The standard InChI is InChI=1S/C14H21FN2O/c1-14(2,3)16-13(18)12(17(4)5)10-6-8-11(15)9-7-10/h6-9,12H,1-5H3,(H,16,18). The van der Waals surface area contributed by atoms with Crippen molar-refractivity contribution in [2.45, 2.75) is 32.4 Å². The van der Waals surface area contributed by atoms with Gasteiger partial charge in [0.1, 0.15) is 11.9 Å². The van der Waals surface area contributed by atoms with E-state index in [0.29, 0.717) is 0 Å². The molecule has 1 aromatic rings. The fourth-order valence-corrected chi connectivity index (χ4v) is 1.77. The highest BCUT2D eigenvalue weighted by Crippen LogP contribution is 2.19. The van der Waals surface area contributed by atoms with Crippen molar-refractivity contribution in [2.75, 3.05) is 14.1 Å². The van der Waals surface area contributed by atoms with Crippen LogP contribution in [0.3, 0.4) is 0 Å². The van der Waals surface area contributed by atoms with Crippen molar-refractivity contribution in [2.24, 2.45) is 0 Å². The topological polar surface area (TPSA) is 32.3 Å². The second-order valence-corrected chi connectivity index (χ2v) is 5.66. The highest BCUT2D eigenvalue weighted by Gasteiger charge is 2.26. The normalized spacial score (nSPS) is 13.5. The van der Waals surface area contributed by atoms with Crippen molar-refractivity contribution in [3.63, 3.8) is 0 Å². The summed E-state index contributed by atoms with van der Waals surface area (Å²) < 4.78 is 12.9. The molecular formula is C14H21FN2O. The van der Waals surface area contributed by atoms with Crippen LogP contribution in [0.2, 0.25) is 0 Å². The van der Waals surface area contributed by atoms with Crippen LogP contribution in [0.1, 0.15) is 32.4 Å². The van der Waals surface area contributed by atoms with E-state index < -0.39 is 6.04 Å². The SMILES string of the molecule is CN(C)C(C(=O)NC(C)(C)C)c1ccc(F)cc1. The minimum atomic E-state index is -0.412. The van der Waals surface area contributed by atoms with Gasteiger partial charge in [-0.25, -0.2) is 4.39 Å². The van der Waals surface area contributed by atoms with Crippen LogP contribution in [0.5, 0.6) is 0 Å². The molecule has 1 rings (SSSR count). The molecule has 3 nitrogen and oxygen atoms in total. The van der Waals surface area contributed by atoms with Gasteiger partial charge >= 0.3 is 0 Å². The molecule has 1 unspecified atom stereocenters. The van der Waals surface area contributed by atoms with Gasteiger partial charge in [-0.3, -0.25) is 9.69 Å². The number of nitrogens with zero attached hydrogens (tertiary/aromatic N) is 1. The summed E-state index contributed by atoms with van der Waals surface area (Å²) in [6.45, 7) is 5.80. The first kappa shape index (κ1) is 14.6. The van der Waals surface area contributed by atoms with Crippen LogP contribution in [-0.4, -0.2) is 30.4 Å². The van der Waals surface area contributed by atoms with Gasteiger partial charge in [0, 0.05) is 5.54 Å².